The molecule has 0 saturated carbocycles. The molecule has 3 nitrogen and oxygen atoms in total. The zero-order chi connectivity index (χ0) is 38.2. The van der Waals surface area contributed by atoms with Crippen molar-refractivity contribution in [2.75, 3.05) is 4.90 Å². The third kappa shape index (κ3) is 5.19. The van der Waals surface area contributed by atoms with E-state index in [1.165, 1.54) is 47.5 Å². The molecule has 0 radical (unpaired) electrons. The number of hydrogen-bond donors (Lipinski definition) is 0. The monoisotopic (exact) mass is 758 g/mol. The Morgan fingerprint density at radius 3 is 1.90 bits per heavy atom. The maximum Gasteiger partial charge on any atom is 0.135 e. The van der Waals surface area contributed by atoms with Gasteiger partial charge in [0, 0.05) is 54.1 Å². The molecule has 3 heterocycles. The number of thiophene rings is 1. The average Bonchev–Trinajstić information content (AvgIpc) is 3.96. The van der Waals surface area contributed by atoms with Crippen LogP contribution >= 0.6 is 11.3 Å². The molecular formula is C54H34N2OS. The molecule has 9 aromatic carbocycles. The molecule has 0 bridgehead atoms. The molecule has 0 unspecified atom stereocenters. The molecule has 0 spiro atoms. The van der Waals surface area contributed by atoms with Gasteiger partial charge in [0.2, 0.25) is 0 Å². The first-order valence-electron chi connectivity index (χ1n) is 19.7. The third-order valence-electron chi connectivity index (χ3n) is 11.6. The summed E-state index contributed by atoms with van der Waals surface area (Å²) in [5, 5.41) is 7.31. The molecule has 0 aliphatic carbocycles. The summed E-state index contributed by atoms with van der Waals surface area (Å²) in [7, 11) is 0. The Kier molecular flexibility index (Phi) is 7.40. The average molecular weight is 759 g/mol. The van der Waals surface area contributed by atoms with E-state index in [1.807, 2.05) is 23.5 Å². The zero-order valence-electron chi connectivity index (χ0n) is 31.3. The number of rotatable bonds is 6. The van der Waals surface area contributed by atoms with Crippen LogP contribution in [0.5, 0.6) is 0 Å². The summed E-state index contributed by atoms with van der Waals surface area (Å²) < 4.78 is 11.1. The minimum Gasteiger partial charge on any atom is -0.456 e. The molecule has 0 atom stereocenters. The van der Waals surface area contributed by atoms with Crippen LogP contribution in [-0.4, -0.2) is 4.57 Å². The standard InChI is InChI=1S/C54H34N2OS/c1-2-16-39(17-3-1)56-48-23-7-4-19-42(48)43-29-28-41(34-50(43)56)55(49-24-12-22-46-45-21-6-9-26-53(45)58-54(46)49)40-18-11-15-37(32-40)35-13-10-14-36(31-35)38-27-30-52-47(33-38)44-20-5-8-25-51(44)57-52/h1-34H. The largest absolute Gasteiger partial charge is 0.456 e. The Labute approximate surface area is 338 Å². The van der Waals surface area contributed by atoms with E-state index >= 15 is 0 Å². The predicted octanol–water partition coefficient (Wildman–Crippen LogP) is 15.9. The number of aromatic nitrogens is 1. The SMILES string of the molecule is c1ccc(-n2c3ccccc3c3ccc(N(c4cccc(-c5cccc(-c6ccc7oc8ccccc8c7c6)c5)c4)c4cccc5c4sc4ccccc45)cc32)cc1. The highest BCUT2D eigenvalue weighted by atomic mass is 32.1. The number of nitrogens with zero attached hydrogens (tertiary/aromatic N) is 2. The number of fused-ring (bicyclic) bond motifs is 9. The first-order valence-corrected chi connectivity index (χ1v) is 20.5. The summed E-state index contributed by atoms with van der Waals surface area (Å²) in [5.74, 6) is 0. The molecule has 0 aliphatic rings. The second-order valence-corrected chi connectivity index (χ2v) is 16.0. The van der Waals surface area contributed by atoms with E-state index in [4.69, 9.17) is 4.42 Å². The van der Waals surface area contributed by atoms with Crippen LogP contribution in [0.1, 0.15) is 0 Å². The summed E-state index contributed by atoms with van der Waals surface area (Å²) >= 11 is 1.86. The van der Waals surface area contributed by atoms with Crippen LogP contribution in [0.4, 0.5) is 17.1 Å². The second-order valence-electron chi connectivity index (χ2n) is 14.9. The molecule has 0 amide bonds. The predicted molar refractivity (Wildman–Crippen MR) is 247 cm³/mol. The Morgan fingerprint density at radius 2 is 1.02 bits per heavy atom. The fourth-order valence-electron chi connectivity index (χ4n) is 8.90. The Balaban J connectivity index is 1.05. The van der Waals surface area contributed by atoms with Crippen LogP contribution < -0.4 is 4.90 Å². The molecule has 0 fully saturated rings. The van der Waals surface area contributed by atoms with Gasteiger partial charge in [-0.2, -0.15) is 0 Å². The summed E-state index contributed by atoms with van der Waals surface area (Å²) in [6.07, 6.45) is 0. The van der Waals surface area contributed by atoms with Crippen molar-refractivity contribution in [2.24, 2.45) is 0 Å². The van der Waals surface area contributed by atoms with Gasteiger partial charge in [0.1, 0.15) is 11.2 Å². The molecule has 272 valence electrons. The molecule has 0 saturated heterocycles. The number of furan rings is 1. The molecule has 0 N–H and O–H groups in total. The van der Waals surface area contributed by atoms with Crippen molar-refractivity contribution in [3.63, 3.8) is 0 Å². The Hall–Kier alpha value is -7.40. The quantitative estimate of drug-likeness (QED) is 0.168. The van der Waals surface area contributed by atoms with Crippen molar-refractivity contribution in [3.05, 3.63) is 206 Å². The fraction of sp³-hybridized carbons (Fsp3) is 0. The molecule has 3 aromatic heterocycles. The van der Waals surface area contributed by atoms with Gasteiger partial charge >= 0.3 is 0 Å². The van der Waals surface area contributed by atoms with E-state index in [0.717, 1.165) is 61.4 Å². The number of benzene rings is 9. The maximum absolute atomic E-state index is 6.15. The molecule has 58 heavy (non-hydrogen) atoms. The van der Waals surface area contributed by atoms with Gasteiger partial charge in [-0.3, -0.25) is 0 Å². The van der Waals surface area contributed by atoms with Crippen LogP contribution in [0.15, 0.2) is 211 Å². The van der Waals surface area contributed by atoms with Crippen molar-refractivity contribution < 1.29 is 4.42 Å². The smallest absolute Gasteiger partial charge is 0.135 e. The first-order chi connectivity index (χ1) is 28.7. The molecule has 4 heteroatoms. The number of anilines is 3. The lowest BCUT2D eigenvalue weighted by atomic mass is 9.97. The second kappa shape index (κ2) is 13.1. The van der Waals surface area contributed by atoms with Crippen LogP contribution in [0, 0.1) is 0 Å². The van der Waals surface area contributed by atoms with Gasteiger partial charge in [-0.1, -0.05) is 127 Å². The maximum atomic E-state index is 6.15. The summed E-state index contributed by atoms with van der Waals surface area (Å²) in [6, 6.07) is 74.6. The Morgan fingerprint density at radius 1 is 0.379 bits per heavy atom. The lowest BCUT2D eigenvalue weighted by Crippen LogP contribution is -2.10. The van der Waals surface area contributed by atoms with Gasteiger partial charge in [0.25, 0.3) is 0 Å². The van der Waals surface area contributed by atoms with Gasteiger partial charge in [0.15, 0.2) is 0 Å². The highest BCUT2D eigenvalue weighted by Crippen LogP contribution is 2.46. The minimum atomic E-state index is 0.907. The fourth-order valence-corrected chi connectivity index (χ4v) is 10.1. The van der Waals surface area contributed by atoms with Crippen molar-refractivity contribution in [3.8, 4) is 27.9 Å². The van der Waals surface area contributed by atoms with Gasteiger partial charge < -0.3 is 13.9 Å². The van der Waals surface area contributed by atoms with E-state index in [-0.39, 0.29) is 0 Å². The lowest BCUT2D eigenvalue weighted by molar-refractivity contribution is 0.669. The van der Waals surface area contributed by atoms with Crippen LogP contribution in [0.3, 0.4) is 0 Å². The van der Waals surface area contributed by atoms with Crippen LogP contribution in [0.25, 0.3) is 91.9 Å². The topological polar surface area (TPSA) is 21.3 Å². The third-order valence-corrected chi connectivity index (χ3v) is 12.8. The highest BCUT2D eigenvalue weighted by Gasteiger charge is 2.21. The molecular weight excluding hydrogens is 725 g/mol. The van der Waals surface area contributed by atoms with Crippen molar-refractivity contribution in [1.82, 2.24) is 4.57 Å². The van der Waals surface area contributed by atoms with E-state index in [1.54, 1.807) is 0 Å². The van der Waals surface area contributed by atoms with Crippen molar-refractivity contribution in [2.45, 2.75) is 0 Å². The van der Waals surface area contributed by atoms with Crippen LogP contribution in [-0.2, 0) is 0 Å². The molecule has 12 aromatic rings. The zero-order valence-corrected chi connectivity index (χ0v) is 32.2. The Bertz CT molecular complexity index is 3540. The summed E-state index contributed by atoms with van der Waals surface area (Å²) in [5.41, 5.74) is 13.3. The lowest BCUT2D eigenvalue weighted by Gasteiger charge is -2.27. The molecule has 12 rings (SSSR count). The summed E-state index contributed by atoms with van der Waals surface area (Å²) in [4.78, 5) is 2.45. The normalized spacial score (nSPS) is 11.8. The number of para-hydroxylation sites is 3. The van der Waals surface area contributed by atoms with E-state index in [9.17, 15) is 0 Å². The van der Waals surface area contributed by atoms with Crippen molar-refractivity contribution in [1.29, 1.82) is 0 Å². The van der Waals surface area contributed by atoms with Crippen LogP contribution in [0.2, 0.25) is 0 Å². The van der Waals surface area contributed by atoms with E-state index in [2.05, 4.69) is 204 Å². The van der Waals surface area contributed by atoms with E-state index < -0.39 is 0 Å². The van der Waals surface area contributed by atoms with E-state index in [0.29, 0.717) is 0 Å². The minimum absolute atomic E-state index is 0.907. The molecule has 0 aliphatic heterocycles. The first kappa shape index (κ1) is 32.8. The van der Waals surface area contributed by atoms with Gasteiger partial charge in [-0.25, -0.2) is 0 Å². The number of hydrogen-bond acceptors (Lipinski definition) is 3. The van der Waals surface area contributed by atoms with Gasteiger partial charge in [0.05, 0.1) is 21.4 Å². The van der Waals surface area contributed by atoms with Crippen molar-refractivity contribution >= 4 is 92.3 Å². The highest BCUT2D eigenvalue weighted by molar-refractivity contribution is 7.26. The van der Waals surface area contributed by atoms with Gasteiger partial charge in [-0.05, 0) is 101 Å². The van der Waals surface area contributed by atoms with Gasteiger partial charge in [-0.15, -0.1) is 11.3 Å². The summed E-state index contributed by atoms with van der Waals surface area (Å²) in [6.45, 7) is 0.